The predicted molar refractivity (Wildman–Crippen MR) is 75.5 cm³/mol. The Bertz CT molecular complexity index is 535. The molecule has 0 atom stereocenters. The summed E-state index contributed by atoms with van der Waals surface area (Å²) in [4.78, 5) is 20.2. The molecule has 1 aromatic rings. The van der Waals surface area contributed by atoms with E-state index in [0.717, 1.165) is 11.8 Å². The maximum atomic E-state index is 10.4. The van der Waals surface area contributed by atoms with E-state index in [4.69, 9.17) is 5.11 Å². The van der Waals surface area contributed by atoms with E-state index in [9.17, 15) is 14.9 Å². The predicted octanol–water partition coefficient (Wildman–Crippen LogP) is 1.88. The number of rotatable bonds is 7. The molecule has 0 aromatic heterocycles. The molecule has 0 heterocycles. The van der Waals surface area contributed by atoms with Crippen molar-refractivity contribution in [1.82, 2.24) is 5.32 Å². The van der Waals surface area contributed by atoms with Gasteiger partial charge in [0.25, 0.3) is 6.20 Å². The molecule has 0 aliphatic heterocycles. The Balaban J connectivity index is 2.69. The van der Waals surface area contributed by atoms with Gasteiger partial charge in [-0.15, -0.1) is 0 Å². The normalized spacial score (nSPS) is 11.3. The second-order valence-electron chi connectivity index (χ2n) is 3.83. The molecule has 1 aromatic carbocycles. The highest BCUT2D eigenvalue weighted by Gasteiger charge is 2.00. The van der Waals surface area contributed by atoms with Gasteiger partial charge in [-0.05, 0) is 17.7 Å². The summed E-state index contributed by atoms with van der Waals surface area (Å²) in [5.74, 6) is -0.618. The van der Waals surface area contributed by atoms with Crippen molar-refractivity contribution in [3.63, 3.8) is 0 Å². The number of anilines is 1. The van der Waals surface area contributed by atoms with Crippen molar-refractivity contribution in [2.45, 2.75) is 6.42 Å². The van der Waals surface area contributed by atoms with Crippen molar-refractivity contribution in [3.8, 4) is 0 Å². The number of hydrogen-bond donors (Lipinski definition) is 3. The molecule has 7 heteroatoms. The minimum Gasteiger partial charge on any atom is -0.481 e. The van der Waals surface area contributed by atoms with Crippen LogP contribution in [0.3, 0.4) is 0 Å². The number of nitro groups is 1. The summed E-state index contributed by atoms with van der Waals surface area (Å²) in [6.07, 6.45) is 4.05. The summed E-state index contributed by atoms with van der Waals surface area (Å²) in [7, 11) is 1.57. The zero-order chi connectivity index (χ0) is 15.0. The zero-order valence-corrected chi connectivity index (χ0v) is 10.9. The monoisotopic (exact) mass is 277 g/mol. The van der Waals surface area contributed by atoms with Crippen LogP contribution in [0, 0.1) is 10.1 Å². The number of carboxylic acids is 1. The van der Waals surface area contributed by atoms with Crippen LogP contribution in [0.1, 0.15) is 12.0 Å². The maximum absolute atomic E-state index is 10.4. The lowest BCUT2D eigenvalue weighted by molar-refractivity contribution is -0.403. The van der Waals surface area contributed by atoms with E-state index in [-0.39, 0.29) is 12.2 Å². The van der Waals surface area contributed by atoms with Gasteiger partial charge in [0.2, 0.25) is 0 Å². The van der Waals surface area contributed by atoms with Gasteiger partial charge in [0.1, 0.15) is 0 Å². The number of hydrogen-bond acceptors (Lipinski definition) is 5. The summed E-state index contributed by atoms with van der Waals surface area (Å²) in [6.45, 7) is 0. The minimum atomic E-state index is -0.886. The lowest BCUT2D eigenvalue weighted by Gasteiger charge is -2.07. The molecule has 0 unspecified atom stereocenters. The summed E-state index contributed by atoms with van der Waals surface area (Å²) in [5.41, 5.74) is 1.53. The number of nitrogens with one attached hydrogen (secondary N) is 2. The summed E-state index contributed by atoms with van der Waals surface area (Å²) < 4.78 is 0. The molecule has 1 rings (SSSR count). The van der Waals surface area contributed by atoms with Crippen molar-refractivity contribution < 1.29 is 14.8 Å². The van der Waals surface area contributed by atoms with Crippen LogP contribution < -0.4 is 10.6 Å². The van der Waals surface area contributed by atoms with Crippen LogP contribution in [-0.4, -0.2) is 23.0 Å². The van der Waals surface area contributed by atoms with E-state index in [0.29, 0.717) is 5.69 Å². The molecule has 7 nitrogen and oxygen atoms in total. The van der Waals surface area contributed by atoms with E-state index in [2.05, 4.69) is 10.6 Å². The fraction of sp³-hybridized carbons (Fsp3) is 0.154. The molecule has 0 radical (unpaired) electrons. The highest BCUT2D eigenvalue weighted by Crippen LogP contribution is 2.12. The molecule has 0 amide bonds. The Morgan fingerprint density at radius 2 is 2.05 bits per heavy atom. The van der Waals surface area contributed by atoms with Gasteiger partial charge >= 0.3 is 5.97 Å². The quantitative estimate of drug-likeness (QED) is 0.519. The molecule has 0 aliphatic carbocycles. The first kappa shape index (κ1) is 15.2. The molecule has 0 saturated heterocycles. The average molecular weight is 277 g/mol. The van der Waals surface area contributed by atoms with E-state index >= 15 is 0 Å². The molecule has 20 heavy (non-hydrogen) atoms. The Morgan fingerprint density at radius 3 is 2.55 bits per heavy atom. The first-order chi connectivity index (χ1) is 9.51. The zero-order valence-electron chi connectivity index (χ0n) is 10.9. The van der Waals surface area contributed by atoms with Gasteiger partial charge in [-0.2, -0.15) is 0 Å². The van der Waals surface area contributed by atoms with Crippen LogP contribution >= 0.6 is 0 Å². The molecule has 0 bridgehead atoms. The van der Waals surface area contributed by atoms with Gasteiger partial charge in [-0.25, -0.2) is 0 Å². The van der Waals surface area contributed by atoms with Crippen molar-refractivity contribution in [3.05, 3.63) is 58.0 Å². The number of benzene rings is 1. The van der Waals surface area contributed by atoms with Crippen LogP contribution in [-0.2, 0) is 4.79 Å². The van der Waals surface area contributed by atoms with Crippen LogP contribution in [0.2, 0.25) is 0 Å². The third-order valence-electron chi connectivity index (χ3n) is 2.30. The third kappa shape index (κ3) is 5.67. The van der Waals surface area contributed by atoms with Crippen LogP contribution in [0.15, 0.2) is 42.4 Å². The Labute approximate surface area is 115 Å². The van der Waals surface area contributed by atoms with Crippen molar-refractivity contribution in [2.24, 2.45) is 0 Å². The van der Waals surface area contributed by atoms with Crippen molar-refractivity contribution in [1.29, 1.82) is 0 Å². The first-order valence-electron chi connectivity index (χ1n) is 5.79. The molecule has 0 saturated carbocycles. The number of nitrogens with zero attached hydrogens (tertiary/aromatic N) is 1. The molecule has 0 aliphatic rings. The topological polar surface area (TPSA) is 105 Å². The van der Waals surface area contributed by atoms with Gasteiger partial charge in [0, 0.05) is 12.7 Å². The molecular formula is C13H15N3O4. The Kier molecular flexibility index (Phi) is 5.76. The second kappa shape index (κ2) is 7.57. The first-order valence-corrected chi connectivity index (χ1v) is 5.79. The van der Waals surface area contributed by atoms with E-state index in [1.54, 1.807) is 43.5 Å². The van der Waals surface area contributed by atoms with Crippen LogP contribution in [0.4, 0.5) is 5.69 Å². The van der Waals surface area contributed by atoms with E-state index < -0.39 is 10.9 Å². The fourth-order valence-corrected chi connectivity index (χ4v) is 1.39. The highest BCUT2D eigenvalue weighted by atomic mass is 16.6. The SMILES string of the molecule is CNC(=C[N+](=O)[O-])Nc1ccc(C=CCC(=O)O)cc1. The minimum absolute atomic E-state index is 0.0323. The third-order valence-corrected chi connectivity index (χ3v) is 2.30. The summed E-state index contributed by atoms with van der Waals surface area (Å²) in [5, 5.41) is 24.4. The average Bonchev–Trinajstić information content (AvgIpc) is 2.39. The second-order valence-corrected chi connectivity index (χ2v) is 3.83. The standard InChI is InChI=1S/C13H15N3O4/c1-14-12(9-16(19)20)15-11-7-5-10(6-8-11)3-2-4-13(17)18/h2-3,5-9,14-15H,4H2,1H3,(H,17,18). The van der Waals surface area contributed by atoms with Gasteiger partial charge in [0.05, 0.1) is 11.3 Å². The summed E-state index contributed by atoms with van der Waals surface area (Å²) in [6, 6.07) is 7.04. The smallest absolute Gasteiger partial charge is 0.307 e. The van der Waals surface area contributed by atoms with Crippen LogP contribution in [0.25, 0.3) is 6.08 Å². The lowest BCUT2D eigenvalue weighted by atomic mass is 10.2. The largest absolute Gasteiger partial charge is 0.481 e. The number of aliphatic carboxylic acids is 1. The molecular weight excluding hydrogens is 262 g/mol. The number of carboxylic acid groups (broad SMARTS) is 1. The maximum Gasteiger partial charge on any atom is 0.307 e. The summed E-state index contributed by atoms with van der Waals surface area (Å²) >= 11 is 0. The lowest BCUT2D eigenvalue weighted by Crippen LogP contribution is -2.16. The molecule has 0 spiro atoms. The van der Waals surface area contributed by atoms with E-state index in [1.165, 1.54) is 0 Å². The molecule has 3 N–H and O–H groups in total. The van der Waals surface area contributed by atoms with E-state index in [1.807, 2.05) is 0 Å². The van der Waals surface area contributed by atoms with Gasteiger partial charge in [-0.1, -0.05) is 24.3 Å². The van der Waals surface area contributed by atoms with Crippen molar-refractivity contribution >= 4 is 17.7 Å². The van der Waals surface area contributed by atoms with Gasteiger partial charge < -0.3 is 15.7 Å². The highest BCUT2D eigenvalue weighted by molar-refractivity contribution is 5.70. The Morgan fingerprint density at radius 1 is 1.40 bits per heavy atom. The van der Waals surface area contributed by atoms with Gasteiger partial charge in [0.15, 0.2) is 5.82 Å². The fourth-order valence-electron chi connectivity index (χ4n) is 1.39. The molecule has 106 valence electrons. The number of carbonyl (C=O) groups is 1. The Hall–Kier alpha value is -2.83. The van der Waals surface area contributed by atoms with Crippen molar-refractivity contribution in [2.75, 3.05) is 12.4 Å². The van der Waals surface area contributed by atoms with Gasteiger partial charge in [-0.3, -0.25) is 14.9 Å². The van der Waals surface area contributed by atoms with Crippen LogP contribution in [0.5, 0.6) is 0 Å². The molecule has 0 fully saturated rings.